The smallest absolute Gasteiger partial charge is 0.231 e. The number of hydrogen-bond acceptors (Lipinski definition) is 5. The minimum Gasteiger partial charge on any atom is -0.497 e. The van der Waals surface area contributed by atoms with Crippen LogP contribution in [0.4, 0.5) is 5.69 Å². The molecule has 3 aromatic carbocycles. The third-order valence-corrected chi connectivity index (χ3v) is 6.75. The van der Waals surface area contributed by atoms with Gasteiger partial charge in [-0.15, -0.1) is 11.3 Å². The van der Waals surface area contributed by atoms with Crippen LogP contribution in [-0.4, -0.2) is 18.1 Å². The van der Waals surface area contributed by atoms with E-state index in [1.807, 2.05) is 96.4 Å². The molecule has 4 aromatic rings. The van der Waals surface area contributed by atoms with E-state index >= 15 is 0 Å². The van der Waals surface area contributed by atoms with Gasteiger partial charge in [0.2, 0.25) is 5.12 Å². The van der Waals surface area contributed by atoms with E-state index in [1.165, 1.54) is 23.1 Å². The zero-order valence-electron chi connectivity index (χ0n) is 17.5. The van der Waals surface area contributed by atoms with Crippen molar-refractivity contribution in [1.29, 1.82) is 0 Å². The monoisotopic (exact) mass is 455 g/mol. The Kier molecular flexibility index (Phi) is 7.36. The van der Waals surface area contributed by atoms with Gasteiger partial charge in [-0.05, 0) is 46.1 Å². The minimum atomic E-state index is 0.0114. The van der Waals surface area contributed by atoms with Gasteiger partial charge in [0, 0.05) is 5.75 Å². The van der Waals surface area contributed by atoms with Crippen molar-refractivity contribution < 1.29 is 9.53 Å². The fourth-order valence-electron chi connectivity index (χ4n) is 3.10. The zero-order chi connectivity index (χ0) is 22.2. The first-order valence-electron chi connectivity index (χ1n) is 10.1. The predicted molar refractivity (Wildman–Crippen MR) is 135 cm³/mol. The molecule has 0 aliphatic rings. The molecule has 0 fully saturated rings. The number of hydrogen-bond donors (Lipinski definition) is 0. The van der Waals surface area contributed by atoms with Crippen molar-refractivity contribution in [3.63, 3.8) is 0 Å². The molecule has 4 rings (SSSR count). The van der Waals surface area contributed by atoms with Crippen LogP contribution in [0.2, 0.25) is 0 Å². The average Bonchev–Trinajstić information content (AvgIpc) is 3.33. The summed E-state index contributed by atoms with van der Waals surface area (Å²) < 4.78 is 5.19. The summed E-state index contributed by atoms with van der Waals surface area (Å²) in [5, 5.41) is 1.91. The minimum absolute atomic E-state index is 0.0114. The van der Waals surface area contributed by atoms with Gasteiger partial charge < -0.3 is 4.74 Å². The Morgan fingerprint density at radius 1 is 0.906 bits per heavy atom. The summed E-state index contributed by atoms with van der Waals surface area (Å²) in [6.07, 6.45) is 0. The van der Waals surface area contributed by atoms with Crippen LogP contribution < -0.4 is 4.74 Å². The SMILES string of the molecule is COc1ccc(CSC(=O)c2sccc2N=C=C(c2ccccc2)c2ccccc2)cc1. The zero-order valence-corrected chi connectivity index (χ0v) is 19.2. The Morgan fingerprint density at radius 2 is 1.53 bits per heavy atom. The number of nitrogens with zero attached hydrogens (tertiary/aromatic N) is 1. The molecule has 0 radical (unpaired) electrons. The van der Waals surface area contributed by atoms with Crippen LogP contribution in [0.3, 0.4) is 0 Å². The molecule has 0 aliphatic carbocycles. The first kappa shape index (κ1) is 21.8. The van der Waals surface area contributed by atoms with Gasteiger partial charge in [-0.2, -0.15) is 0 Å². The second-order valence-electron chi connectivity index (χ2n) is 6.89. The van der Waals surface area contributed by atoms with Gasteiger partial charge in [0.15, 0.2) is 0 Å². The number of benzene rings is 3. The quantitative estimate of drug-likeness (QED) is 0.275. The Morgan fingerprint density at radius 3 is 2.12 bits per heavy atom. The fraction of sp³-hybridized carbons (Fsp3) is 0.0741. The molecule has 158 valence electrons. The highest BCUT2D eigenvalue weighted by Crippen LogP contribution is 2.31. The molecule has 0 bridgehead atoms. The van der Waals surface area contributed by atoms with Crippen molar-refractivity contribution in [1.82, 2.24) is 0 Å². The highest BCUT2D eigenvalue weighted by Gasteiger charge is 2.14. The van der Waals surface area contributed by atoms with Gasteiger partial charge in [0.05, 0.1) is 18.4 Å². The first-order valence-corrected chi connectivity index (χ1v) is 11.9. The standard InChI is InChI=1S/C27H21NO2S2/c1-30-23-14-12-20(13-15-23)19-32-27(29)26-25(16-17-31-26)28-18-24(21-8-4-2-5-9-21)22-10-6-3-7-11-22/h2-17H,19H2,1H3. The Bertz CT molecular complexity index is 1200. The van der Waals surface area contributed by atoms with E-state index in [0.717, 1.165) is 28.0 Å². The average molecular weight is 456 g/mol. The molecular formula is C27H21NO2S2. The maximum absolute atomic E-state index is 12.9. The summed E-state index contributed by atoms with van der Waals surface area (Å²) in [5.41, 5.74) is 4.66. The topological polar surface area (TPSA) is 38.7 Å². The maximum atomic E-state index is 12.9. The molecule has 0 atom stereocenters. The van der Waals surface area contributed by atoms with Crippen molar-refractivity contribution in [3.8, 4) is 5.75 Å². The number of methoxy groups -OCH3 is 1. The fourth-order valence-corrected chi connectivity index (χ4v) is 4.81. The van der Waals surface area contributed by atoms with Crippen molar-refractivity contribution in [3.05, 3.63) is 118 Å². The van der Waals surface area contributed by atoms with E-state index in [0.29, 0.717) is 16.3 Å². The summed E-state index contributed by atoms with van der Waals surface area (Å²) in [4.78, 5) is 18.1. The molecule has 32 heavy (non-hydrogen) atoms. The summed E-state index contributed by atoms with van der Waals surface area (Å²) in [6.45, 7) is 0. The van der Waals surface area contributed by atoms with E-state index < -0.39 is 0 Å². The number of rotatable bonds is 7. The lowest BCUT2D eigenvalue weighted by atomic mass is 9.99. The van der Waals surface area contributed by atoms with Gasteiger partial charge in [-0.25, -0.2) is 4.99 Å². The second-order valence-corrected chi connectivity index (χ2v) is 8.75. The van der Waals surface area contributed by atoms with Crippen LogP contribution in [0.5, 0.6) is 5.75 Å². The number of carbonyl (C=O) groups excluding carboxylic acids is 1. The molecule has 0 saturated heterocycles. The van der Waals surface area contributed by atoms with Gasteiger partial charge in [-0.1, -0.05) is 84.6 Å². The number of thioether (sulfide) groups is 1. The lowest BCUT2D eigenvalue weighted by Crippen LogP contribution is -1.92. The molecular weight excluding hydrogens is 434 g/mol. The van der Waals surface area contributed by atoms with E-state index in [2.05, 4.69) is 10.9 Å². The lowest BCUT2D eigenvalue weighted by molar-refractivity contribution is 0.109. The van der Waals surface area contributed by atoms with Crippen LogP contribution in [0.25, 0.3) is 5.57 Å². The lowest BCUT2D eigenvalue weighted by Gasteiger charge is -2.05. The third kappa shape index (κ3) is 5.45. The van der Waals surface area contributed by atoms with Gasteiger partial charge in [0.25, 0.3) is 0 Å². The Balaban J connectivity index is 1.58. The summed E-state index contributed by atoms with van der Waals surface area (Å²) in [6, 6.07) is 29.7. The van der Waals surface area contributed by atoms with E-state index in [-0.39, 0.29) is 5.12 Å². The van der Waals surface area contributed by atoms with Crippen LogP contribution in [0.15, 0.2) is 101 Å². The van der Waals surface area contributed by atoms with Crippen LogP contribution in [-0.2, 0) is 5.75 Å². The molecule has 1 aromatic heterocycles. The van der Waals surface area contributed by atoms with Crippen LogP contribution in [0.1, 0.15) is 26.4 Å². The van der Waals surface area contributed by atoms with E-state index in [1.54, 1.807) is 7.11 Å². The Labute approximate surface area is 196 Å². The molecule has 0 spiro atoms. The second kappa shape index (κ2) is 10.8. The number of thiophene rings is 1. The summed E-state index contributed by atoms with van der Waals surface area (Å²) >= 11 is 2.69. The largest absolute Gasteiger partial charge is 0.497 e. The highest BCUT2D eigenvalue weighted by molar-refractivity contribution is 8.13. The third-order valence-electron chi connectivity index (χ3n) is 4.77. The van der Waals surface area contributed by atoms with Crippen molar-refractivity contribution in [2.75, 3.05) is 7.11 Å². The normalized spacial score (nSPS) is 10.3. The molecule has 0 unspecified atom stereocenters. The number of aliphatic imine (C=N–C) groups is 1. The molecule has 0 saturated carbocycles. The Hall–Kier alpha value is -3.37. The van der Waals surface area contributed by atoms with Crippen LogP contribution >= 0.6 is 23.1 Å². The molecule has 1 heterocycles. The number of ether oxygens (including phenoxy) is 1. The van der Waals surface area contributed by atoms with E-state index in [9.17, 15) is 4.79 Å². The summed E-state index contributed by atoms with van der Waals surface area (Å²) in [7, 11) is 1.64. The maximum Gasteiger partial charge on any atom is 0.231 e. The van der Waals surface area contributed by atoms with Gasteiger partial charge in [0.1, 0.15) is 10.6 Å². The molecule has 3 nitrogen and oxygen atoms in total. The van der Waals surface area contributed by atoms with E-state index in [4.69, 9.17) is 4.74 Å². The molecule has 0 aliphatic heterocycles. The summed E-state index contributed by atoms with van der Waals surface area (Å²) in [5.74, 6) is 4.61. The molecule has 5 heteroatoms. The molecule has 0 amide bonds. The van der Waals surface area contributed by atoms with Crippen molar-refractivity contribution in [2.45, 2.75) is 5.75 Å². The molecule has 0 N–H and O–H groups in total. The predicted octanol–water partition coefficient (Wildman–Crippen LogP) is 7.26. The highest BCUT2D eigenvalue weighted by atomic mass is 32.2. The van der Waals surface area contributed by atoms with Gasteiger partial charge in [-0.3, -0.25) is 4.79 Å². The van der Waals surface area contributed by atoms with Crippen LogP contribution in [0, 0.1) is 0 Å². The number of carbonyl (C=O) groups is 1. The van der Waals surface area contributed by atoms with Gasteiger partial charge >= 0.3 is 0 Å². The van der Waals surface area contributed by atoms with Crippen molar-refractivity contribution in [2.24, 2.45) is 4.99 Å². The van der Waals surface area contributed by atoms with Crippen molar-refractivity contribution >= 4 is 45.3 Å². The first-order chi connectivity index (χ1) is 15.7.